The Labute approximate surface area is 91.3 Å². The van der Waals surface area contributed by atoms with Crippen molar-refractivity contribution in [1.82, 2.24) is 0 Å². The van der Waals surface area contributed by atoms with Crippen LogP contribution in [0.15, 0.2) is 36.0 Å². The lowest BCUT2D eigenvalue weighted by Gasteiger charge is -2.30. The van der Waals surface area contributed by atoms with Gasteiger partial charge in [-0.1, -0.05) is 24.3 Å². The van der Waals surface area contributed by atoms with Crippen molar-refractivity contribution in [1.29, 1.82) is 0 Å². The van der Waals surface area contributed by atoms with Gasteiger partial charge in [0.2, 0.25) is 0 Å². The van der Waals surface area contributed by atoms with Crippen LogP contribution in [0.3, 0.4) is 0 Å². The monoisotopic (exact) mass is 206 g/mol. The molecule has 15 heavy (non-hydrogen) atoms. The van der Waals surface area contributed by atoms with E-state index in [0.717, 1.165) is 16.7 Å². The van der Waals surface area contributed by atoms with Gasteiger partial charge in [-0.3, -0.25) is 0 Å². The second-order valence-corrected chi connectivity index (χ2v) is 4.51. The molecule has 1 aliphatic heterocycles. The van der Waals surface area contributed by atoms with Crippen molar-refractivity contribution in [2.75, 3.05) is 0 Å². The normalized spacial score (nSPS) is 18.3. The highest BCUT2D eigenvalue weighted by Gasteiger charge is 2.40. The van der Waals surface area contributed by atoms with Gasteiger partial charge in [0.25, 0.3) is 0 Å². The Morgan fingerprint density at radius 1 is 1.33 bits per heavy atom. The topological polar surface area (TPSA) is 26.3 Å². The third-order valence-corrected chi connectivity index (χ3v) is 2.52. The SMILES string of the molecule is C=C(C)CC1(CC(=C)C)OC(=O)C=C1C. The van der Waals surface area contributed by atoms with Gasteiger partial charge in [-0.2, -0.15) is 0 Å². The zero-order valence-corrected chi connectivity index (χ0v) is 9.72. The van der Waals surface area contributed by atoms with Gasteiger partial charge in [-0.25, -0.2) is 4.79 Å². The van der Waals surface area contributed by atoms with Crippen molar-refractivity contribution >= 4 is 5.97 Å². The van der Waals surface area contributed by atoms with E-state index in [-0.39, 0.29) is 5.97 Å². The number of cyclic esters (lactones) is 1. The van der Waals surface area contributed by atoms with Gasteiger partial charge in [0.05, 0.1) is 0 Å². The van der Waals surface area contributed by atoms with Gasteiger partial charge in [0, 0.05) is 18.9 Å². The number of rotatable bonds is 4. The second-order valence-electron chi connectivity index (χ2n) is 4.51. The Bertz CT molecular complexity index is 332. The maximum Gasteiger partial charge on any atom is 0.331 e. The summed E-state index contributed by atoms with van der Waals surface area (Å²) in [4.78, 5) is 11.3. The lowest BCUT2D eigenvalue weighted by Crippen LogP contribution is -2.32. The van der Waals surface area contributed by atoms with Gasteiger partial charge >= 0.3 is 5.97 Å². The van der Waals surface area contributed by atoms with Crippen LogP contribution in [0.5, 0.6) is 0 Å². The Kier molecular flexibility index (Phi) is 3.18. The van der Waals surface area contributed by atoms with Crippen LogP contribution in [0.25, 0.3) is 0 Å². The molecule has 0 saturated carbocycles. The van der Waals surface area contributed by atoms with Gasteiger partial charge in [0.1, 0.15) is 5.60 Å². The maximum atomic E-state index is 11.3. The van der Waals surface area contributed by atoms with E-state index in [1.54, 1.807) is 6.08 Å². The molecule has 0 N–H and O–H groups in total. The highest BCUT2D eigenvalue weighted by atomic mass is 16.6. The van der Waals surface area contributed by atoms with E-state index in [4.69, 9.17) is 4.74 Å². The molecule has 2 heteroatoms. The van der Waals surface area contributed by atoms with Crippen LogP contribution >= 0.6 is 0 Å². The number of hydrogen-bond donors (Lipinski definition) is 0. The molecule has 0 aromatic heterocycles. The molecule has 1 rings (SSSR count). The number of ether oxygens (including phenoxy) is 1. The summed E-state index contributed by atoms with van der Waals surface area (Å²) in [6, 6.07) is 0. The number of hydrogen-bond acceptors (Lipinski definition) is 2. The molecule has 0 radical (unpaired) electrons. The third-order valence-electron chi connectivity index (χ3n) is 2.52. The minimum absolute atomic E-state index is 0.255. The van der Waals surface area contributed by atoms with E-state index in [0.29, 0.717) is 12.8 Å². The van der Waals surface area contributed by atoms with E-state index in [2.05, 4.69) is 13.2 Å². The molecule has 0 aromatic rings. The van der Waals surface area contributed by atoms with Crippen molar-refractivity contribution in [3.63, 3.8) is 0 Å². The maximum absolute atomic E-state index is 11.3. The Morgan fingerprint density at radius 2 is 1.80 bits per heavy atom. The van der Waals surface area contributed by atoms with Crippen LogP contribution < -0.4 is 0 Å². The Hall–Kier alpha value is -1.31. The van der Waals surface area contributed by atoms with Crippen LogP contribution in [0, 0.1) is 0 Å². The van der Waals surface area contributed by atoms with E-state index < -0.39 is 5.60 Å². The summed E-state index contributed by atoms with van der Waals surface area (Å²) in [6.07, 6.45) is 2.91. The zero-order valence-electron chi connectivity index (χ0n) is 9.72. The van der Waals surface area contributed by atoms with Crippen LogP contribution in [-0.2, 0) is 9.53 Å². The summed E-state index contributed by atoms with van der Waals surface area (Å²) in [5.41, 5.74) is 2.48. The second kappa shape index (κ2) is 4.05. The molecule has 2 nitrogen and oxygen atoms in total. The fourth-order valence-electron chi connectivity index (χ4n) is 2.00. The van der Waals surface area contributed by atoms with Gasteiger partial charge in [0.15, 0.2) is 0 Å². The molecule has 0 bridgehead atoms. The van der Waals surface area contributed by atoms with Crippen molar-refractivity contribution in [2.24, 2.45) is 0 Å². The molecule has 1 aliphatic rings. The summed E-state index contributed by atoms with van der Waals surface area (Å²) >= 11 is 0. The smallest absolute Gasteiger partial charge is 0.331 e. The standard InChI is InChI=1S/C13H18O2/c1-9(2)7-13(8-10(3)4)11(5)6-12(14)15-13/h6H,1,3,7-8H2,2,4-5H3. The van der Waals surface area contributed by atoms with Crippen LogP contribution in [0.2, 0.25) is 0 Å². The number of carbonyl (C=O) groups is 1. The molecule has 0 amide bonds. The Morgan fingerprint density at radius 3 is 2.07 bits per heavy atom. The van der Waals surface area contributed by atoms with Crippen LogP contribution in [-0.4, -0.2) is 11.6 Å². The van der Waals surface area contributed by atoms with Gasteiger partial charge in [-0.15, -0.1) is 0 Å². The van der Waals surface area contributed by atoms with Crippen LogP contribution in [0.1, 0.15) is 33.6 Å². The molecule has 0 unspecified atom stereocenters. The summed E-state index contributed by atoms with van der Waals surface area (Å²) in [5.74, 6) is -0.255. The molecule has 0 spiro atoms. The first-order valence-corrected chi connectivity index (χ1v) is 5.06. The highest BCUT2D eigenvalue weighted by molar-refractivity contribution is 5.86. The van der Waals surface area contributed by atoms with Crippen LogP contribution in [0.4, 0.5) is 0 Å². The summed E-state index contributed by atoms with van der Waals surface area (Å²) in [5, 5.41) is 0. The minimum atomic E-state index is -0.519. The summed E-state index contributed by atoms with van der Waals surface area (Å²) in [7, 11) is 0. The first kappa shape index (κ1) is 11.8. The largest absolute Gasteiger partial charge is 0.451 e. The van der Waals surface area contributed by atoms with E-state index in [1.165, 1.54) is 0 Å². The van der Waals surface area contributed by atoms with Gasteiger partial charge in [-0.05, 0) is 26.3 Å². The molecule has 0 atom stereocenters. The highest BCUT2D eigenvalue weighted by Crippen LogP contribution is 2.38. The van der Waals surface area contributed by atoms with E-state index in [9.17, 15) is 4.79 Å². The summed E-state index contributed by atoms with van der Waals surface area (Å²) in [6.45, 7) is 13.6. The number of esters is 1. The first-order valence-electron chi connectivity index (χ1n) is 5.06. The zero-order chi connectivity index (χ0) is 11.6. The first-order chi connectivity index (χ1) is 6.85. The molecular formula is C13H18O2. The van der Waals surface area contributed by atoms with Crippen molar-refractivity contribution < 1.29 is 9.53 Å². The lowest BCUT2D eigenvalue weighted by molar-refractivity contribution is -0.145. The van der Waals surface area contributed by atoms with Crippen molar-refractivity contribution in [3.8, 4) is 0 Å². The average Bonchev–Trinajstić information content (AvgIpc) is 2.22. The van der Waals surface area contributed by atoms with Crippen molar-refractivity contribution in [2.45, 2.75) is 39.2 Å². The molecular weight excluding hydrogens is 188 g/mol. The molecule has 0 aromatic carbocycles. The average molecular weight is 206 g/mol. The molecule has 0 saturated heterocycles. The fraction of sp³-hybridized carbons (Fsp3) is 0.462. The molecule has 0 aliphatic carbocycles. The lowest BCUT2D eigenvalue weighted by atomic mass is 9.84. The molecule has 1 heterocycles. The van der Waals surface area contributed by atoms with E-state index in [1.807, 2.05) is 20.8 Å². The predicted octanol–water partition coefficient (Wildman–Crippen LogP) is 3.16. The third kappa shape index (κ3) is 2.58. The quantitative estimate of drug-likeness (QED) is 0.521. The molecule has 82 valence electrons. The molecule has 0 fully saturated rings. The van der Waals surface area contributed by atoms with E-state index >= 15 is 0 Å². The predicted molar refractivity (Wildman–Crippen MR) is 61.4 cm³/mol. The minimum Gasteiger partial charge on any atom is -0.451 e. The fourth-order valence-corrected chi connectivity index (χ4v) is 2.00. The Balaban J connectivity index is 2.97. The van der Waals surface area contributed by atoms with Gasteiger partial charge < -0.3 is 4.74 Å². The number of carbonyl (C=O) groups excluding carboxylic acids is 1. The summed E-state index contributed by atoms with van der Waals surface area (Å²) < 4.78 is 5.43. The van der Waals surface area contributed by atoms with Crippen molar-refractivity contribution in [3.05, 3.63) is 36.0 Å².